The van der Waals surface area contributed by atoms with E-state index in [-0.39, 0.29) is 23.8 Å². The van der Waals surface area contributed by atoms with Crippen molar-refractivity contribution in [3.8, 4) is 11.1 Å². The Morgan fingerprint density at radius 3 is 2.63 bits per heavy atom. The van der Waals surface area contributed by atoms with Gasteiger partial charge in [0.05, 0.1) is 5.56 Å². The minimum atomic E-state index is -4.60. The molecule has 0 radical (unpaired) electrons. The fourth-order valence-electron chi connectivity index (χ4n) is 3.54. The van der Waals surface area contributed by atoms with E-state index >= 15 is 0 Å². The normalized spacial score (nSPS) is 16.3. The summed E-state index contributed by atoms with van der Waals surface area (Å²) in [5.41, 5.74) is 1.26. The third kappa shape index (κ3) is 3.82. The van der Waals surface area contributed by atoms with Crippen LogP contribution in [-0.2, 0) is 17.4 Å². The lowest BCUT2D eigenvalue weighted by molar-refractivity contribution is -0.137. The topological polar surface area (TPSA) is 33.2 Å². The van der Waals surface area contributed by atoms with E-state index < -0.39 is 17.6 Å². The molecule has 144 valence electrons. The molecule has 0 fully saturated rings. The van der Waals surface area contributed by atoms with Crippen molar-refractivity contribution in [2.24, 2.45) is 0 Å². The number of nitrogens with zero attached hydrogens (tertiary/aromatic N) is 2. The molecule has 0 N–H and O–H groups in total. The quantitative estimate of drug-likeness (QED) is 0.714. The van der Waals surface area contributed by atoms with Crippen LogP contribution in [-0.4, -0.2) is 29.4 Å². The third-order valence-corrected chi connectivity index (χ3v) is 5.15. The average Bonchev–Trinajstić information content (AvgIpc) is 3.03. The molecule has 1 aromatic heterocycles. The number of benzene rings is 1. The molecule has 0 saturated carbocycles. The van der Waals surface area contributed by atoms with Gasteiger partial charge in [-0.1, -0.05) is 6.07 Å². The van der Waals surface area contributed by atoms with Crippen LogP contribution in [0.4, 0.5) is 17.6 Å². The predicted molar refractivity (Wildman–Crippen MR) is 93.6 cm³/mol. The van der Waals surface area contributed by atoms with Gasteiger partial charge in [0, 0.05) is 43.5 Å². The van der Waals surface area contributed by atoms with Crippen molar-refractivity contribution >= 4 is 5.91 Å². The van der Waals surface area contributed by atoms with Gasteiger partial charge in [0.25, 0.3) is 0 Å². The lowest BCUT2D eigenvalue weighted by Gasteiger charge is -2.20. The standard InChI is InChI=1S/C20H20F4N2O/c1-3-26(2)18(27)8-12-4-5-13-10-25-11-16(19(12)13)15-7-6-14(9-17(15)21)20(22,23)24/h6-7,9-12H,3-5,8H2,1-2H3. The van der Waals surface area contributed by atoms with Crippen molar-refractivity contribution in [3.05, 3.63) is 53.1 Å². The van der Waals surface area contributed by atoms with Crippen molar-refractivity contribution < 1.29 is 22.4 Å². The largest absolute Gasteiger partial charge is 0.416 e. The Bertz CT molecular complexity index is 864. The van der Waals surface area contributed by atoms with Gasteiger partial charge in [-0.2, -0.15) is 13.2 Å². The van der Waals surface area contributed by atoms with E-state index in [1.165, 1.54) is 6.20 Å². The molecule has 1 aromatic carbocycles. The maximum absolute atomic E-state index is 14.5. The molecular weight excluding hydrogens is 360 g/mol. The number of halogens is 4. The van der Waals surface area contributed by atoms with Gasteiger partial charge in [-0.3, -0.25) is 9.78 Å². The van der Waals surface area contributed by atoms with Crippen LogP contribution < -0.4 is 0 Å². The second-order valence-corrected chi connectivity index (χ2v) is 6.80. The van der Waals surface area contributed by atoms with Gasteiger partial charge in [-0.05, 0) is 48.9 Å². The molecule has 0 aliphatic heterocycles. The molecule has 0 spiro atoms. The van der Waals surface area contributed by atoms with Gasteiger partial charge in [0.15, 0.2) is 0 Å². The number of aromatic nitrogens is 1. The molecule has 1 aliphatic carbocycles. The molecule has 0 saturated heterocycles. The van der Waals surface area contributed by atoms with E-state index in [2.05, 4.69) is 4.98 Å². The van der Waals surface area contributed by atoms with Crippen LogP contribution in [0, 0.1) is 5.82 Å². The summed E-state index contributed by atoms with van der Waals surface area (Å²) >= 11 is 0. The predicted octanol–water partition coefficient (Wildman–Crippen LogP) is 4.80. The Morgan fingerprint density at radius 2 is 2.00 bits per heavy atom. The molecule has 3 nitrogen and oxygen atoms in total. The Labute approximate surface area is 155 Å². The highest BCUT2D eigenvalue weighted by Crippen LogP contribution is 2.42. The number of carbonyl (C=O) groups is 1. The summed E-state index contributed by atoms with van der Waals surface area (Å²) in [6.07, 6.45) is 0.296. The summed E-state index contributed by atoms with van der Waals surface area (Å²) in [5.74, 6) is -1.05. The fourth-order valence-corrected chi connectivity index (χ4v) is 3.54. The first-order chi connectivity index (χ1) is 12.7. The first-order valence-corrected chi connectivity index (χ1v) is 8.80. The summed E-state index contributed by atoms with van der Waals surface area (Å²) in [7, 11) is 1.72. The molecule has 1 amide bonds. The number of alkyl halides is 3. The second kappa shape index (κ2) is 7.29. The number of aryl methyl sites for hydroxylation is 1. The number of hydrogen-bond acceptors (Lipinski definition) is 2. The van der Waals surface area contributed by atoms with Crippen LogP contribution in [0.2, 0.25) is 0 Å². The maximum atomic E-state index is 14.5. The first kappa shape index (κ1) is 19.3. The van der Waals surface area contributed by atoms with Crippen molar-refractivity contribution in [1.29, 1.82) is 0 Å². The highest BCUT2D eigenvalue weighted by Gasteiger charge is 2.33. The Kier molecular flexibility index (Phi) is 5.22. The lowest BCUT2D eigenvalue weighted by Crippen LogP contribution is -2.27. The summed E-state index contributed by atoms with van der Waals surface area (Å²) < 4.78 is 52.9. The van der Waals surface area contributed by atoms with E-state index in [4.69, 9.17) is 0 Å². The SMILES string of the molecule is CCN(C)C(=O)CC1CCc2cncc(-c3ccc(C(F)(F)F)cc3F)c21. The van der Waals surface area contributed by atoms with Gasteiger partial charge < -0.3 is 4.90 Å². The molecule has 7 heteroatoms. The summed E-state index contributed by atoms with van der Waals surface area (Å²) in [6, 6.07) is 2.53. The smallest absolute Gasteiger partial charge is 0.346 e. The van der Waals surface area contributed by atoms with E-state index in [1.807, 2.05) is 6.92 Å². The number of pyridine rings is 1. The number of carbonyl (C=O) groups excluding carboxylic acids is 1. The van der Waals surface area contributed by atoms with E-state index in [1.54, 1.807) is 18.1 Å². The maximum Gasteiger partial charge on any atom is 0.416 e. The van der Waals surface area contributed by atoms with Crippen molar-refractivity contribution in [2.75, 3.05) is 13.6 Å². The molecule has 27 heavy (non-hydrogen) atoms. The van der Waals surface area contributed by atoms with Crippen molar-refractivity contribution in [1.82, 2.24) is 9.88 Å². The highest BCUT2D eigenvalue weighted by atomic mass is 19.4. The first-order valence-electron chi connectivity index (χ1n) is 8.80. The zero-order valence-corrected chi connectivity index (χ0v) is 15.1. The van der Waals surface area contributed by atoms with Crippen LogP contribution in [0.15, 0.2) is 30.6 Å². The van der Waals surface area contributed by atoms with Crippen molar-refractivity contribution in [2.45, 2.75) is 38.3 Å². The Hall–Kier alpha value is -2.44. The molecule has 3 rings (SSSR count). The van der Waals surface area contributed by atoms with Gasteiger partial charge >= 0.3 is 6.18 Å². The van der Waals surface area contributed by atoms with Crippen LogP contribution >= 0.6 is 0 Å². The molecule has 2 aromatic rings. The fraction of sp³-hybridized carbons (Fsp3) is 0.400. The van der Waals surface area contributed by atoms with Gasteiger partial charge in [0.1, 0.15) is 5.82 Å². The number of amides is 1. The number of hydrogen-bond donors (Lipinski definition) is 0. The van der Waals surface area contributed by atoms with Crippen molar-refractivity contribution in [3.63, 3.8) is 0 Å². The molecule has 1 atom stereocenters. The number of rotatable bonds is 4. The minimum absolute atomic E-state index is 0.00833. The van der Waals surface area contributed by atoms with Gasteiger partial charge in [-0.25, -0.2) is 4.39 Å². The van der Waals surface area contributed by atoms with Gasteiger partial charge in [-0.15, -0.1) is 0 Å². The Balaban J connectivity index is 2.00. The second-order valence-electron chi connectivity index (χ2n) is 6.80. The molecule has 1 heterocycles. The summed E-state index contributed by atoms with van der Waals surface area (Å²) in [4.78, 5) is 18.1. The average molecular weight is 380 g/mol. The zero-order valence-electron chi connectivity index (χ0n) is 15.1. The molecule has 0 bridgehead atoms. The van der Waals surface area contributed by atoms with Crippen LogP contribution in [0.3, 0.4) is 0 Å². The Morgan fingerprint density at radius 1 is 1.26 bits per heavy atom. The van der Waals surface area contributed by atoms with Gasteiger partial charge in [0.2, 0.25) is 5.91 Å². The minimum Gasteiger partial charge on any atom is -0.346 e. The molecule has 1 aliphatic rings. The van der Waals surface area contributed by atoms with E-state index in [0.717, 1.165) is 29.7 Å². The van der Waals surface area contributed by atoms with E-state index in [0.29, 0.717) is 24.6 Å². The third-order valence-electron chi connectivity index (χ3n) is 5.15. The van der Waals surface area contributed by atoms with Crippen LogP contribution in [0.5, 0.6) is 0 Å². The van der Waals surface area contributed by atoms with E-state index in [9.17, 15) is 22.4 Å². The van der Waals surface area contributed by atoms with Crippen LogP contribution in [0.25, 0.3) is 11.1 Å². The highest BCUT2D eigenvalue weighted by molar-refractivity contribution is 5.78. The lowest BCUT2D eigenvalue weighted by atomic mass is 9.90. The summed E-state index contributed by atoms with van der Waals surface area (Å²) in [6.45, 7) is 2.47. The number of fused-ring (bicyclic) bond motifs is 1. The van der Waals surface area contributed by atoms with Crippen LogP contribution in [0.1, 0.15) is 42.4 Å². The molecular formula is C20H20F4N2O. The summed E-state index contributed by atoms with van der Waals surface area (Å²) in [5, 5.41) is 0. The molecule has 1 unspecified atom stereocenters. The zero-order chi connectivity index (χ0) is 19.8. The monoisotopic (exact) mass is 380 g/mol.